The number of aromatic nitrogens is 2. The Bertz CT molecular complexity index is 652. The second-order valence-corrected chi connectivity index (χ2v) is 3.86. The number of hydrogen-bond acceptors (Lipinski definition) is 2. The maximum Gasteiger partial charge on any atom is 0.271 e. The van der Waals surface area contributed by atoms with Crippen LogP contribution in [0.5, 0.6) is 0 Å². The van der Waals surface area contributed by atoms with Crippen LogP contribution in [0.4, 0.5) is 5.69 Å². The van der Waals surface area contributed by atoms with E-state index in [4.69, 9.17) is 0 Å². The Morgan fingerprint density at radius 3 is 2.83 bits per heavy atom. The van der Waals surface area contributed by atoms with Gasteiger partial charge in [-0.25, -0.2) is 4.68 Å². The summed E-state index contributed by atoms with van der Waals surface area (Å²) in [6, 6.07) is 8.50. The summed E-state index contributed by atoms with van der Waals surface area (Å²) in [5.41, 5.74) is 1.91. The zero-order valence-electron chi connectivity index (χ0n) is 9.93. The molecule has 92 valence electrons. The van der Waals surface area contributed by atoms with Crippen molar-refractivity contribution in [1.82, 2.24) is 9.78 Å². The first kappa shape index (κ1) is 11.9. The molecule has 0 bridgehead atoms. The zero-order valence-corrected chi connectivity index (χ0v) is 9.93. The highest BCUT2D eigenvalue weighted by Gasteiger charge is 2.04. The minimum atomic E-state index is -0.290. The van der Waals surface area contributed by atoms with Crippen LogP contribution in [0.15, 0.2) is 47.8 Å². The molecule has 1 amide bonds. The van der Waals surface area contributed by atoms with E-state index in [0.29, 0.717) is 11.4 Å². The van der Waals surface area contributed by atoms with Crippen molar-refractivity contribution in [3.05, 3.63) is 59.0 Å². The molecule has 0 aliphatic carbocycles. The van der Waals surface area contributed by atoms with Crippen LogP contribution in [0.2, 0.25) is 0 Å². The maximum absolute atomic E-state index is 11.7. The van der Waals surface area contributed by atoms with Gasteiger partial charge in [0.2, 0.25) is 5.91 Å². The van der Waals surface area contributed by atoms with E-state index in [9.17, 15) is 9.59 Å². The van der Waals surface area contributed by atoms with Crippen molar-refractivity contribution in [2.75, 3.05) is 5.32 Å². The molecule has 18 heavy (non-hydrogen) atoms. The Kier molecular flexibility index (Phi) is 3.14. The van der Waals surface area contributed by atoms with Gasteiger partial charge in [0.15, 0.2) is 0 Å². The number of hydrogen-bond donors (Lipinski definition) is 2. The Hall–Kier alpha value is -2.56. The van der Waals surface area contributed by atoms with Crippen LogP contribution in [0.25, 0.3) is 5.69 Å². The number of aryl methyl sites for hydroxylation is 1. The summed E-state index contributed by atoms with van der Waals surface area (Å²) in [7, 11) is 0. The zero-order chi connectivity index (χ0) is 13.1. The van der Waals surface area contributed by atoms with Crippen molar-refractivity contribution in [1.29, 1.82) is 0 Å². The fraction of sp³-hybridized carbons (Fsp3) is 0.0769. The van der Waals surface area contributed by atoms with Crippen LogP contribution in [0.1, 0.15) is 5.69 Å². The van der Waals surface area contributed by atoms with Gasteiger partial charge in [0, 0.05) is 17.4 Å². The molecule has 0 saturated carbocycles. The molecule has 0 atom stereocenters. The van der Waals surface area contributed by atoms with Crippen LogP contribution in [-0.4, -0.2) is 15.7 Å². The largest absolute Gasteiger partial charge is 0.322 e. The Labute approximate surface area is 104 Å². The molecule has 0 aliphatic heterocycles. The number of rotatable bonds is 3. The lowest BCUT2D eigenvalue weighted by Crippen LogP contribution is -2.14. The first-order valence-corrected chi connectivity index (χ1v) is 5.42. The van der Waals surface area contributed by atoms with E-state index in [-0.39, 0.29) is 11.5 Å². The van der Waals surface area contributed by atoms with Gasteiger partial charge in [0.05, 0.1) is 5.69 Å². The Balaban J connectivity index is 2.38. The van der Waals surface area contributed by atoms with Crippen LogP contribution in [0, 0.1) is 6.92 Å². The summed E-state index contributed by atoms with van der Waals surface area (Å²) in [5, 5.41) is 5.57. The van der Waals surface area contributed by atoms with E-state index >= 15 is 0 Å². The van der Waals surface area contributed by atoms with E-state index in [0.717, 1.165) is 5.69 Å². The van der Waals surface area contributed by atoms with Gasteiger partial charge in [-0.3, -0.25) is 14.7 Å². The van der Waals surface area contributed by atoms with Gasteiger partial charge in [-0.05, 0) is 31.2 Å². The number of nitrogens with zero attached hydrogens (tertiary/aromatic N) is 1. The smallest absolute Gasteiger partial charge is 0.271 e. The third kappa shape index (κ3) is 2.40. The van der Waals surface area contributed by atoms with Crippen LogP contribution in [-0.2, 0) is 4.79 Å². The molecule has 0 unspecified atom stereocenters. The number of benzene rings is 1. The second-order valence-electron chi connectivity index (χ2n) is 3.86. The number of anilines is 1. The molecule has 1 aromatic carbocycles. The van der Waals surface area contributed by atoms with Crippen LogP contribution in [0.3, 0.4) is 0 Å². The molecule has 5 heteroatoms. The van der Waals surface area contributed by atoms with E-state index in [2.05, 4.69) is 17.0 Å². The van der Waals surface area contributed by atoms with Crippen molar-refractivity contribution >= 4 is 11.6 Å². The lowest BCUT2D eigenvalue weighted by molar-refractivity contribution is -0.111. The van der Waals surface area contributed by atoms with E-state index in [1.165, 1.54) is 16.8 Å². The van der Waals surface area contributed by atoms with Gasteiger partial charge < -0.3 is 5.32 Å². The molecule has 0 spiro atoms. The molecule has 0 fully saturated rings. The molecule has 2 aromatic rings. The summed E-state index contributed by atoms with van der Waals surface area (Å²) >= 11 is 0. The topological polar surface area (TPSA) is 66.9 Å². The highest BCUT2D eigenvalue weighted by molar-refractivity contribution is 5.98. The van der Waals surface area contributed by atoms with Crippen molar-refractivity contribution in [2.45, 2.75) is 6.92 Å². The molecule has 0 aliphatic rings. The van der Waals surface area contributed by atoms with Gasteiger partial charge in [-0.15, -0.1) is 0 Å². The second kappa shape index (κ2) is 4.75. The maximum atomic E-state index is 11.7. The first-order valence-electron chi connectivity index (χ1n) is 5.42. The Morgan fingerprint density at radius 2 is 2.22 bits per heavy atom. The van der Waals surface area contributed by atoms with Gasteiger partial charge in [0.1, 0.15) is 0 Å². The van der Waals surface area contributed by atoms with E-state index in [1.807, 2.05) is 0 Å². The molecular weight excluding hydrogens is 230 g/mol. The summed E-state index contributed by atoms with van der Waals surface area (Å²) < 4.78 is 1.42. The number of aromatic amines is 1. The summed E-state index contributed by atoms with van der Waals surface area (Å²) in [5.74, 6) is -0.290. The number of nitrogens with one attached hydrogen (secondary N) is 2. The lowest BCUT2D eigenvalue weighted by Gasteiger charge is -2.06. The van der Waals surface area contributed by atoms with E-state index < -0.39 is 0 Å². The molecule has 1 heterocycles. The molecular formula is C13H13N3O2. The van der Waals surface area contributed by atoms with Crippen LogP contribution < -0.4 is 10.9 Å². The monoisotopic (exact) mass is 243 g/mol. The molecule has 2 rings (SSSR count). The molecule has 5 nitrogen and oxygen atoms in total. The average Bonchev–Trinajstić information content (AvgIpc) is 2.68. The highest BCUT2D eigenvalue weighted by atomic mass is 16.1. The summed E-state index contributed by atoms with van der Waals surface area (Å²) in [6.07, 6.45) is 1.19. The molecule has 0 saturated heterocycles. The number of amides is 1. The van der Waals surface area contributed by atoms with Crippen molar-refractivity contribution < 1.29 is 4.79 Å². The minimum Gasteiger partial charge on any atom is -0.322 e. The number of carbonyl (C=O) groups excluding carboxylic acids is 1. The highest BCUT2D eigenvalue weighted by Crippen LogP contribution is 2.13. The standard InChI is InChI=1S/C13H13N3O2/c1-3-12(17)14-10-5-4-6-11(8-10)16-13(18)7-9(2)15-16/h3-8,15H,1H2,2H3,(H,14,17). The predicted octanol–water partition coefficient (Wildman–Crippen LogP) is 1.60. The van der Waals surface area contributed by atoms with Crippen molar-refractivity contribution in [3.8, 4) is 5.69 Å². The number of carbonyl (C=O) groups is 1. The van der Waals surface area contributed by atoms with Gasteiger partial charge >= 0.3 is 0 Å². The molecule has 0 radical (unpaired) electrons. The van der Waals surface area contributed by atoms with Gasteiger partial charge in [-0.1, -0.05) is 12.6 Å². The SMILES string of the molecule is C=CC(=O)Nc1cccc(-n2[nH]c(C)cc2=O)c1. The van der Waals surface area contributed by atoms with Gasteiger partial charge in [-0.2, -0.15) is 0 Å². The third-order valence-electron chi connectivity index (χ3n) is 2.41. The lowest BCUT2D eigenvalue weighted by atomic mass is 10.2. The van der Waals surface area contributed by atoms with Crippen LogP contribution >= 0.6 is 0 Å². The van der Waals surface area contributed by atoms with Crippen molar-refractivity contribution in [2.24, 2.45) is 0 Å². The van der Waals surface area contributed by atoms with Crippen molar-refractivity contribution in [3.63, 3.8) is 0 Å². The van der Waals surface area contributed by atoms with E-state index in [1.54, 1.807) is 31.2 Å². The Morgan fingerprint density at radius 1 is 1.44 bits per heavy atom. The third-order valence-corrected chi connectivity index (χ3v) is 2.41. The fourth-order valence-electron chi connectivity index (χ4n) is 1.62. The summed E-state index contributed by atoms with van der Waals surface area (Å²) in [4.78, 5) is 22.9. The fourth-order valence-corrected chi connectivity index (χ4v) is 1.62. The molecule has 1 aromatic heterocycles. The summed E-state index contributed by atoms with van der Waals surface area (Å²) in [6.45, 7) is 5.19. The first-order chi connectivity index (χ1) is 8.60. The quantitative estimate of drug-likeness (QED) is 0.804. The minimum absolute atomic E-state index is 0.139. The van der Waals surface area contributed by atoms with Gasteiger partial charge in [0.25, 0.3) is 5.56 Å². The number of H-pyrrole nitrogens is 1. The molecule has 2 N–H and O–H groups in total. The normalized spacial score (nSPS) is 10.1. The predicted molar refractivity (Wildman–Crippen MR) is 70.0 cm³/mol. The average molecular weight is 243 g/mol.